The van der Waals surface area contributed by atoms with Crippen molar-refractivity contribution in [3.05, 3.63) is 58.1 Å². The zero-order valence-corrected chi connectivity index (χ0v) is 22.0. The number of nitrogens with one attached hydrogen (secondary N) is 1. The third kappa shape index (κ3) is 5.95. The molecule has 2 aromatic carbocycles. The molecule has 1 N–H and O–H groups in total. The first-order valence-corrected chi connectivity index (χ1v) is 13.2. The maximum Gasteiger partial charge on any atom is 0.305 e. The minimum atomic E-state index is -3.84. The summed E-state index contributed by atoms with van der Waals surface area (Å²) in [4.78, 5) is 11.5. The monoisotopic (exact) mass is 501 g/mol. The number of sulfonamides is 1. The highest BCUT2D eigenvalue weighted by Gasteiger charge is 2.37. The van der Waals surface area contributed by atoms with E-state index < -0.39 is 10.0 Å². The summed E-state index contributed by atoms with van der Waals surface area (Å²) >= 11 is 6.14. The Morgan fingerprint density at radius 1 is 1.06 bits per heavy atom. The van der Waals surface area contributed by atoms with Crippen LogP contribution in [0.2, 0.25) is 5.02 Å². The van der Waals surface area contributed by atoms with Crippen molar-refractivity contribution in [1.82, 2.24) is 0 Å². The second kappa shape index (κ2) is 10.0. The van der Waals surface area contributed by atoms with Gasteiger partial charge >= 0.3 is 5.97 Å². The predicted molar refractivity (Wildman–Crippen MR) is 137 cm³/mol. The van der Waals surface area contributed by atoms with E-state index in [0.29, 0.717) is 29.1 Å². The van der Waals surface area contributed by atoms with E-state index in [2.05, 4.69) is 49.0 Å². The highest BCUT2D eigenvalue weighted by atomic mass is 35.5. The van der Waals surface area contributed by atoms with E-state index in [9.17, 15) is 13.2 Å². The number of carbonyl (C=O) groups is 1. The van der Waals surface area contributed by atoms with Crippen molar-refractivity contribution in [1.29, 1.82) is 0 Å². The summed E-state index contributed by atoms with van der Waals surface area (Å²) in [6.07, 6.45) is 3.37. The van der Waals surface area contributed by atoms with Gasteiger partial charge in [0.15, 0.2) is 0 Å². The minimum absolute atomic E-state index is 0.00732. The quantitative estimate of drug-likeness (QED) is 0.291. The molecule has 0 aromatic heterocycles. The molecule has 0 amide bonds. The van der Waals surface area contributed by atoms with Crippen LogP contribution in [0.25, 0.3) is 0 Å². The molecular formula is C27H32ClNO4S. The van der Waals surface area contributed by atoms with Gasteiger partial charge in [-0.05, 0) is 71.6 Å². The van der Waals surface area contributed by atoms with Crippen LogP contribution in [0.1, 0.15) is 76.5 Å². The van der Waals surface area contributed by atoms with Gasteiger partial charge in [-0.1, -0.05) is 57.2 Å². The molecule has 0 saturated carbocycles. The number of esters is 1. The summed E-state index contributed by atoms with van der Waals surface area (Å²) in [7, 11) is -2.49. The predicted octanol–water partition coefficient (Wildman–Crippen LogP) is 6.18. The van der Waals surface area contributed by atoms with Crippen molar-refractivity contribution < 1.29 is 17.9 Å². The van der Waals surface area contributed by atoms with Crippen LogP contribution in [-0.2, 0) is 30.4 Å². The number of unbranched alkanes of at least 4 members (excludes halogenated alkanes) is 1. The molecular weight excluding hydrogens is 470 g/mol. The van der Waals surface area contributed by atoms with Gasteiger partial charge in [0.05, 0.1) is 23.3 Å². The first kappa shape index (κ1) is 26.1. The minimum Gasteiger partial charge on any atom is -0.469 e. The molecule has 7 heteroatoms. The van der Waals surface area contributed by atoms with E-state index in [-0.39, 0.29) is 28.1 Å². The van der Waals surface area contributed by atoms with Crippen molar-refractivity contribution in [3.63, 3.8) is 0 Å². The number of hydrogen-bond donors (Lipinski definition) is 1. The number of hydrogen-bond acceptors (Lipinski definition) is 4. The van der Waals surface area contributed by atoms with Crippen molar-refractivity contribution in [2.45, 2.75) is 75.5 Å². The summed E-state index contributed by atoms with van der Waals surface area (Å²) in [6, 6.07) is 10.3. The Balaban J connectivity index is 1.88. The zero-order valence-electron chi connectivity index (χ0n) is 20.4. The van der Waals surface area contributed by atoms with E-state index in [1.165, 1.54) is 12.7 Å². The fourth-order valence-electron chi connectivity index (χ4n) is 4.23. The molecule has 182 valence electrons. The first-order valence-electron chi connectivity index (χ1n) is 11.4. The Hall–Kier alpha value is -2.49. The summed E-state index contributed by atoms with van der Waals surface area (Å²) in [6.45, 7) is 8.74. The molecule has 3 rings (SSSR count). The van der Waals surface area contributed by atoms with Gasteiger partial charge < -0.3 is 4.74 Å². The van der Waals surface area contributed by atoms with E-state index in [4.69, 9.17) is 11.6 Å². The fraction of sp³-hybridized carbons (Fsp3) is 0.444. The number of anilines is 1. The van der Waals surface area contributed by atoms with Crippen LogP contribution in [0.4, 0.5) is 5.69 Å². The van der Waals surface area contributed by atoms with Crippen LogP contribution in [0.15, 0.2) is 41.3 Å². The average Bonchev–Trinajstić information content (AvgIpc) is 2.78. The first-order chi connectivity index (χ1) is 15.9. The maximum atomic E-state index is 13.3. The molecule has 0 fully saturated rings. The number of carbonyl (C=O) groups excluding carboxylic acids is 1. The van der Waals surface area contributed by atoms with Gasteiger partial charge in [-0.25, -0.2) is 8.42 Å². The lowest BCUT2D eigenvalue weighted by Crippen LogP contribution is -2.34. The molecule has 34 heavy (non-hydrogen) atoms. The number of methoxy groups -OCH3 is 1. The van der Waals surface area contributed by atoms with E-state index in [0.717, 1.165) is 18.4 Å². The Kier molecular flexibility index (Phi) is 7.69. The lowest BCUT2D eigenvalue weighted by Gasteiger charge is -2.42. The van der Waals surface area contributed by atoms with E-state index in [1.807, 2.05) is 12.1 Å². The Morgan fingerprint density at radius 2 is 1.74 bits per heavy atom. The zero-order chi connectivity index (χ0) is 25.1. The number of halogens is 1. The van der Waals surface area contributed by atoms with Crippen LogP contribution in [0.3, 0.4) is 0 Å². The molecule has 1 aliphatic rings. The molecule has 5 nitrogen and oxygen atoms in total. The van der Waals surface area contributed by atoms with Gasteiger partial charge in [-0.15, -0.1) is 0 Å². The second-order valence-electron chi connectivity index (χ2n) is 10.0. The molecule has 0 spiro atoms. The van der Waals surface area contributed by atoms with Gasteiger partial charge in [-0.3, -0.25) is 9.52 Å². The van der Waals surface area contributed by atoms with Crippen LogP contribution in [-0.4, -0.2) is 21.5 Å². The smallest absolute Gasteiger partial charge is 0.305 e. The highest BCUT2D eigenvalue weighted by Crippen LogP contribution is 2.46. The lowest BCUT2D eigenvalue weighted by molar-refractivity contribution is -0.140. The molecule has 0 radical (unpaired) electrons. The Morgan fingerprint density at radius 3 is 2.41 bits per heavy atom. The highest BCUT2D eigenvalue weighted by molar-refractivity contribution is 7.92. The largest absolute Gasteiger partial charge is 0.469 e. The van der Waals surface area contributed by atoms with Crippen LogP contribution in [0.5, 0.6) is 0 Å². The summed E-state index contributed by atoms with van der Waals surface area (Å²) < 4.78 is 34.0. The summed E-state index contributed by atoms with van der Waals surface area (Å²) in [5.74, 6) is 5.68. The van der Waals surface area contributed by atoms with Gasteiger partial charge in [0.2, 0.25) is 0 Å². The van der Waals surface area contributed by atoms with Crippen LogP contribution < -0.4 is 4.72 Å². The summed E-state index contributed by atoms with van der Waals surface area (Å²) in [5.41, 5.74) is 3.03. The maximum absolute atomic E-state index is 13.3. The third-order valence-electron chi connectivity index (χ3n) is 6.49. The second-order valence-corrected chi connectivity index (χ2v) is 12.1. The van der Waals surface area contributed by atoms with Crippen molar-refractivity contribution >= 4 is 33.3 Å². The average molecular weight is 502 g/mol. The van der Waals surface area contributed by atoms with E-state index >= 15 is 0 Å². The lowest BCUT2D eigenvalue weighted by atomic mass is 9.63. The molecule has 2 aromatic rings. The van der Waals surface area contributed by atoms with E-state index in [1.54, 1.807) is 24.3 Å². The Labute approximate surface area is 208 Å². The SMILES string of the molecule is COC(=O)CCCC#Cc1cc(Cl)ccc1NS(=O)(=O)c1ccc2c(c1)C(C)(C)CCC2(C)C. The van der Waals surface area contributed by atoms with Crippen LogP contribution in [0, 0.1) is 11.8 Å². The molecule has 0 unspecified atom stereocenters. The van der Waals surface area contributed by atoms with Crippen molar-refractivity contribution in [3.8, 4) is 11.8 Å². The molecule has 0 heterocycles. The number of fused-ring (bicyclic) bond motifs is 1. The van der Waals surface area contributed by atoms with Gasteiger partial charge in [0.25, 0.3) is 10.0 Å². The number of ether oxygens (including phenoxy) is 1. The summed E-state index contributed by atoms with van der Waals surface area (Å²) in [5, 5.41) is 0.458. The van der Waals surface area contributed by atoms with Crippen LogP contribution >= 0.6 is 11.6 Å². The van der Waals surface area contributed by atoms with Crippen molar-refractivity contribution in [2.24, 2.45) is 0 Å². The van der Waals surface area contributed by atoms with Gasteiger partial charge in [0, 0.05) is 17.9 Å². The molecule has 1 aliphatic carbocycles. The number of benzene rings is 2. The van der Waals surface area contributed by atoms with Gasteiger partial charge in [-0.2, -0.15) is 0 Å². The standard InChI is InChI=1S/C27H32ClNO4S/c1-26(2)15-16-27(3,4)23-18-21(12-13-22(23)26)34(31,32)29-24-14-11-20(28)17-19(24)9-7-6-8-10-25(30)33-5/h11-14,17-18,29H,6,8,10,15-16H2,1-5H3. The fourth-order valence-corrected chi connectivity index (χ4v) is 5.51. The third-order valence-corrected chi connectivity index (χ3v) is 8.09. The molecule has 0 saturated heterocycles. The molecule has 0 aliphatic heterocycles. The molecule has 0 atom stereocenters. The molecule has 0 bridgehead atoms. The normalized spacial score (nSPS) is 16.1. The Bertz CT molecular complexity index is 1250. The van der Waals surface area contributed by atoms with Gasteiger partial charge in [0.1, 0.15) is 0 Å². The number of rotatable bonds is 6. The topological polar surface area (TPSA) is 72.5 Å². The van der Waals surface area contributed by atoms with Crippen molar-refractivity contribution in [2.75, 3.05) is 11.8 Å².